The molecule has 0 aliphatic heterocycles. The molecule has 0 aromatic heterocycles. The summed E-state index contributed by atoms with van der Waals surface area (Å²) >= 11 is 0. The Morgan fingerprint density at radius 2 is 0.714 bits per heavy atom. The molecule has 6 heteroatoms. The third-order valence-electron chi connectivity index (χ3n) is 14.1. The quantitative estimate of drug-likeness (QED) is 0.0321. The van der Waals surface area contributed by atoms with Crippen LogP contribution in [0.15, 0.2) is 48.6 Å². The third-order valence-corrected chi connectivity index (χ3v) is 14.1. The van der Waals surface area contributed by atoms with Crippen molar-refractivity contribution in [3.8, 4) is 0 Å². The second-order valence-electron chi connectivity index (χ2n) is 21.0. The number of ether oxygens (including phenoxy) is 1. The molecule has 0 heterocycles. The fourth-order valence-electron chi connectivity index (χ4n) is 9.31. The second-order valence-corrected chi connectivity index (χ2v) is 21.0. The number of hydrogen-bond donors (Lipinski definition) is 3. The average Bonchev–Trinajstić information content (AvgIpc) is 3.36. The van der Waals surface area contributed by atoms with E-state index in [9.17, 15) is 19.8 Å². The summed E-state index contributed by atoms with van der Waals surface area (Å²) in [6, 6.07) is -0.640. The van der Waals surface area contributed by atoms with Crippen LogP contribution in [0.1, 0.15) is 322 Å². The van der Waals surface area contributed by atoms with Gasteiger partial charge >= 0.3 is 5.97 Å². The summed E-state index contributed by atoms with van der Waals surface area (Å²) in [5.74, 6) is -0.0871. The van der Waals surface area contributed by atoms with Gasteiger partial charge in [0.1, 0.15) is 0 Å². The van der Waals surface area contributed by atoms with Crippen LogP contribution in [0.4, 0.5) is 0 Å². The van der Waals surface area contributed by atoms with Crippen LogP contribution in [0, 0.1) is 0 Å². The Balaban J connectivity index is 3.48. The lowest BCUT2D eigenvalue weighted by atomic mass is 10.0. The van der Waals surface area contributed by atoms with Crippen molar-refractivity contribution in [2.75, 3.05) is 13.2 Å². The molecule has 2 unspecified atom stereocenters. The Hall–Kier alpha value is -2.18. The molecule has 0 saturated carbocycles. The molecule has 1 amide bonds. The van der Waals surface area contributed by atoms with E-state index in [4.69, 9.17) is 4.74 Å². The van der Waals surface area contributed by atoms with E-state index in [0.29, 0.717) is 19.4 Å². The van der Waals surface area contributed by atoms with E-state index in [1.54, 1.807) is 6.08 Å². The summed E-state index contributed by atoms with van der Waals surface area (Å²) in [4.78, 5) is 24.6. The van der Waals surface area contributed by atoms with Gasteiger partial charge in [-0.2, -0.15) is 0 Å². The fourth-order valence-corrected chi connectivity index (χ4v) is 9.31. The maximum absolute atomic E-state index is 12.5. The number of esters is 1. The lowest BCUT2D eigenvalue weighted by molar-refractivity contribution is -0.143. The van der Waals surface area contributed by atoms with Crippen molar-refractivity contribution in [2.24, 2.45) is 0 Å². The van der Waals surface area contributed by atoms with Gasteiger partial charge in [-0.1, -0.05) is 268 Å². The minimum Gasteiger partial charge on any atom is -0.466 e. The average molecular weight is 983 g/mol. The van der Waals surface area contributed by atoms with Gasteiger partial charge in [-0.3, -0.25) is 9.59 Å². The highest BCUT2D eigenvalue weighted by atomic mass is 16.5. The fraction of sp³-hybridized carbons (Fsp3) is 0.844. The normalized spacial score (nSPS) is 12.9. The minimum absolute atomic E-state index is 0.00580. The van der Waals surface area contributed by atoms with E-state index in [1.807, 2.05) is 6.08 Å². The second kappa shape index (κ2) is 59.4. The zero-order valence-electron chi connectivity index (χ0n) is 46.7. The van der Waals surface area contributed by atoms with Gasteiger partial charge in [-0.05, 0) is 89.9 Å². The molecule has 0 saturated heterocycles. The van der Waals surface area contributed by atoms with Crippen molar-refractivity contribution in [1.82, 2.24) is 5.32 Å². The van der Waals surface area contributed by atoms with Crippen LogP contribution in [0.2, 0.25) is 0 Å². The maximum atomic E-state index is 12.5. The van der Waals surface area contributed by atoms with Gasteiger partial charge in [0.15, 0.2) is 0 Å². The van der Waals surface area contributed by atoms with Gasteiger partial charge in [0, 0.05) is 12.8 Å². The predicted octanol–water partition coefficient (Wildman–Crippen LogP) is 19.4. The van der Waals surface area contributed by atoms with Crippen LogP contribution < -0.4 is 5.32 Å². The molecule has 70 heavy (non-hydrogen) atoms. The molecule has 0 spiro atoms. The number of allylic oxidation sites excluding steroid dienone is 7. The molecular weight excluding hydrogens is 863 g/mol. The van der Waals surface area contributed by atoms with Crippen LogP contribution in [0.3, 0.4) is 0 Å². The number of aliphatic hydroxyl groups excluding tert-OH is 2. The smallest absolute Gasteiger partial charge is 0.305 e. The molecule has 0 bridgehead atoms. The number of hydrogen-bond acceptors (Lipinski definition) is 5. The van der Waals surface area contributed by atoms with Gasteiger partial charge in [0.2, 0.25) is 5.91 Å². The molecule has 0 aromatic carbocycles. The van der Waals surface area contributed by atoms with Crippen LogP contribution in [0.25, 0.3) is 0 Å². The van der Waals surface area contributed by atoms with Crippen molar-refractivity contribution in [3.05, 3.63) is 48.6 Å². The molecular formula is C64H119NO5. The molecule has 0 rings (SSSR count). The summed E-state index contributed by atoms with van der Waals surface area (Å²) in [5, 5.41) is 23.2. The number of nitrogens with one attached hydrogen (secondary N) is 1. The molecule has 410 valence electrons. The highest BCUT2D eigenvalue weighted by Crippen LogP contribution is 2.16. The number of aliphatic hydroxyl groups is 2. The maximum Gasteiger partial charge on any atom is 0.305 e. The van der Waals surface area contributed by atoms with Crippen LogP contribution >= 0.6 is 0 Å². The van der Waals surface area contributed by atoms with Crippen molar-refractivity contribution in [1.29, 1.82) is 0 Å². The van der Waals surface area contributed by atoms with Gasteiger partial charge in [-0.15, -0.1) is 0 Å². The molecule has 6 nitrogen and oxygen atoms in total. The van der Waals surface area contributed by atoms with E-state index in [1.165, 1.54) is 225 Å². The Morgan fingerprint density at radius 3 is 1.13 bits per heavy atom. The van der Waals surface area contributed by atoms with Gasteiger partial charge in [0.05, 0.1) is 25.4 Å². The first kappa shape index (κ1) is 67.8. The van der Waals surface area contributed by atoms with Gasteiger partial charge in [0.25, 0.3) is 0 Å². The summed E-state index contributed by atoms with van der Waals surface area (Å²) in [7, 11) is 0. The molecule has 0 radical (unpaired) electrons. The van der Waals surface area contributed by atoms with Crippen LogP contribution in [-0.2, 0) is 14.3 Å². The van der Waals surface area contributed by atoms with E-state index in [0.717, 1.165) is 70.6 Å². The third kappa shape index (κ3) is 55.1. The van der Waals surface area contributed by atoms with E-state index < -0.39 is 12.1 Å². The van der Waals surface area contributed by atoms with E-state index in [2.05, 4.69) is 55.6 Å². The Labute approximate surface area is 436 Å². The number of carbonyl (C=O) groups is 2. The lowest BCUT2D eigenvalue weighted by Crippen LogP contribution is -2.45. The lowest BCUT2D eigenvalue weighted by Gasteiger charge is -2.20. The number of rotatable bonds is 57. The topological polar surface area (TPSA) is 95.9 Å². The number of carbonyl (C=O) groups excluding carboxylic acids is 2. The summed E-state index contributed by atoms with van der Waals surface area (Å²) in [5.41, 5.74) is 0. The first-order valence-corrected chi connectivity index (χ1v) is 30.9. The highest BCUT2D eigenvalue weighted by Gasteiger charge is 2.18. The summed E-state index contributed by atoms with van der Waals surface area (Å²) in [6.07, 6.45) is 75.7. The summed E-state index contributed by atoms with van der Waals surface area (Å²) < 4.78 is 5.48. The SMILES string of the molecule is CCCCC/C=C\C/C=C\CCCCCCCCCC(=O)OCCCCCCCCCCC/C=C\CCCCCCCC(=O)NC(CO)C(O)/C=C/CCCCCCCCCCCCCCCCCC. The number of unbranched alkanes of at least 4 members (excludes halogenated alkanes) is 40. The van der Waals surface area contributed by atoms with Gasteiger partial charge < -0.3 is 20.3 Å². The highest BCUT2D eigenvalue weighted by molar-refractivity contribution is 5.76. The molecule has 3 N–H and O–H groups in total. The first-order valence-electron chi connectivity index (χ1n) is 30.9. The largest absolute Gasteiger partial charge is 0.466 e. The Morgan fingerprint density at radius 1 is 0.400 bits per heavy atom. The van der Waals surface area contributed by atoms with Crippen molar-refractivity contribution in [3.63, 3.8) is 0 Å². The molecule has 0 aliphatic carbocycles. The van der Waals surface area contributed by atoms with Crippen molar-refractivity contribution in [2.45, 2.75) is 334 Å². The minimum atomic E-state index is -0.855. The summed E-state index contributed by atoms with van der Waals surface area (Å²) in [6.45, 7) is 4.87. The van der Waals surface area contributed by atoms with Crippen LogP contribution in [-0.4, -0.2) is 47.4 Å². The van der Waals surface area contributed by atoms with Crippen LogP contribution in [0.5, 0.6) is 0 Å². The molecule has 0 aliphatic rings. The standard InChI is InChI=1S/C64H119NO5/c1-3-5-7-9-11-13-15-17-19-21-25-28-32-36-40-44-48-52-56-62(67)61(60-66)65-63(68)57-53-49-45-41-37-33-29-26-22-23-27-31-35-39-43-47-51-55-59-70-64(69)58-54-50-46-42-38-34-30-24-20-18-16-14-12-10-8-6-4-2/h12,14,18,20,26,29,52,56,61-62,66-67H,3-11,13,15-17,19,21-25,27-28,30-51,53-55,57-60H2,1-2H3,(H,65,68)/b14-12-,20-18-,29-26-,56-52+. The first-order chi connectivity index (χ1) is 34.5. The number of amides is 1. The zero-order valence-corrected chi connectivity index (χ0v) is 46.7. The Bertz CT molecular complexity index is 1180. The van der Waals surface area contributed by atoms with Gasteiger partial charge in [-0.25, -0.2) is 0 Å². The van der Waals surface area contributed by atoms with E-state index >= 15 is 0 Å². The Kier molecular flexibility index (Phi) is 57.5. The molecule has 2 atom stereocenters. The van der Waals surface area contributed by atoms with Crippen molar-refractivity contribution < 1.29 is 24.5 Å². The molecule has 0 fully saturated rings. The monoisotopic (exact) mass is 982 g/mol. The predicted molar refractivity (Wildman–Crippen MR) is 306 cm³/mol. The van der Waals surface area contributed by atoms with Crippen molar-refractivity contribution >= 4 is 11.9 Å². The zero-order chi connectivity index (χ0) is 50.7. The molecule has 0 aromatic rings. The van der Waals surface area contributed by atoms with E-state index in [-0.39, 0.29) is 18.5 Å².